The van der Waals surface area contributed by atoms with Gasteiger partial charge in [-0.05, 0) is 54.9 Å². The summed E-state index contributed by atoms with van der Waals surface area (Å²) in [7, 11) is 0. The van der Waals surface area contributed by atoms with Crippen molar-refractivity contribution in [3.63, 3.8) is 0 Å². The Bertz CT molecular complexity index is 1310. The highest BCUT2D eigenvalue weighted by atomic mass is 16.1. The van der Waals surface area contributed by atoms with E-state index in [0.717, 1.165) is 61.5 Å². The fraction of sp³-hybridized carbons (Fsp3) is 0.300. The maximum absolute atomic E-state index is 13.0. The first-order valence-electron chi connectivity index (χ1n) is 13.1. The van der Waals surface area contributed by atoms with Crippen LogP contribution >= 0.6 is 0 Å². The van der Waals surface area contributed by atoms with Crippen LogP contribution in [0.4, 0.5) is 5.69 Å². The maximum atomic E-state index is 13.0. The van der Waals surface area contributed by atoms with Gasteiger partial charge in [0.05, 0.1) is 12.2 Å². The molecule has 7 nitrogen and oxygen atoms in total. The number of carbonyl (C=O) groups is 1. The van der Waals surface area contributed by atoms with E-state index in [2.05, 4.69) is 62.3 Å². The summed E-state index contributed by atoms with van der Waals surface area (Å²) in [6.45, 7) is 2.19. The van der Waals surface area contributed by atoms with Crippen molar-refractivity contribution in [2.24, 2.45) is 16.8 Å². The van der Waals surface area contributed by atoms with Gasteiger partial charge in [-0.2, -0.15) is 0 Å². The molecule has 1 saturated carbocycles. The Morgan fingerprint density at radius 2 is 1.62 bits per heavy atom. The Morgan fingerprint density at radius 1 is 0.892 bits per heavy atom. The molecule has 2 heterocycles. The van der Waals surface area contributed by atoms with Crippen molar-refractivity contribution in [2.75, 3.05) is 11.9 Å². The molecule has 0 bridgehead atoms. The Labute approximate surface area is 217 Å². The van der Waals surface area contributed by atoms with Crippen molar-refractivity contribution >= 4 is 28.6 Å². The molecule has 0 aliphatic heterocycles. The minimum atomic E-state index is 0.0424. The van der Waals surface area contributed by atoms with E-state index in [1.165, 1.54) is 11.1 Å². The minimum absolute atomic E-state index is 0.0424. The maximum Gasteiger partial charge on any atom is 0.227 e. The fourth-order valence-electron chi connectivity index (χ4n) is 4.88. The summed E-state index contributed by atoms with van der Waals surface area (Å²) in [6.07, 6.45) is 7.40. The van der Waals surface area contributed by atoms with Crippen LogP contribution in [-0.4, -0.2) is 28.4 Å². The molecule has 1 aliphatic rings. The molecular formula is C30H34N6O. The average Bonchev–Trinajstić information content (AvgIpc) is 3.44. The zero-order valence-corrected chi connectivity index (χ0v) is 21.0. The molecule has 1 aliphatic carbocycles. The highest BCUT2D eigenvalue weighted by molar-refractivity contribution is 6.00. The number of guanidine groups is 1. The molecule has 0 radical (unpaired) electrons. The van der Waals surface area contributed by atoms with E-state index in [4.69, 9.17) is 4.99 Å². The number of anilines is 1. The van der Waals surface area contributed by atoms with Gasteiger partial charge in [0.15, 0.2) is 5.96 Å². The molecule has 4 N–H and O–H groups in total. The van der Waals surface area contributed by atoms with Crippen LogP contribution < -0.4 is 16.0 Å². The van der Waals surface area contributed by atoms with Gasteiger partial charge >= 0.3 is 0 Å². The summed E-state index contributed by atoms with van der Waals surface area (Å²) < 4.78 is 0. The van der Waals surface area contributed by atoms with Crippen LogP contribution in [0, 0.1) is 11.8 Å². The van der Waals surface area contributed by atoms with Crippen molar-refractivity contribution in [2.45, 2.75) is 38.8 Å². The average molecular weight is 495 g/mol. The summed E-state index contributed by atoms with van der Waals surface area (Å²) in [4.78, 5) is 25.2. The van der Waals surface area contributed by atoms with Gasteiger partial charge < -0.3 is 20.9 Å². The molecule has 7 heteroatoms. The van der Waals surface area contributed by atoms with E-state index in [9.17, 15) is 4.79 Å². The molecule has 4 aromatic rings. The molecule has 0 atom stereocenters. The van der Waals surface area contributed by atoms with Gasteiger partial charge in [0.25, 0.3) is 0 Å². The molecule has 37 heavy (non-hydrogen) atoms. The lowest BCUT2D eigenvalue weighted by Gasteiger charge is -2.28. The number of hydrogen-bond acceptors (Lipinski definition) is 3. The van der Waals surface area contributed by atoms with Crippen molar-refractivity contribution < 1.29 is 4.79 Å². The fourth-order valence-corrected chi connectivity index (χ4v) is 4.88. The van der Waals surface area contributed by atoms with Crippen molar-refractivity contribution in [1.29, 1.82) is 0 Å². The smallest absolute Gasteiger partial charge is 0.227 e. The standard InChI is InChI=1S/C30H34N6O/c37-29(36-27-16-18-32-28-26(27)15-17-31-28)25-13-11-24(12-14-25)21-35-30(33-19-22-7-3-1-4-8-22)34-20-23-9-5-2-6-10-23/h1-10,15-18,24-25H,11-14,19-21H2,(H2,33,34,35)(H2,31,32,36,37). The topological polar surface area (TPSA) is 94.2 Å². The number of H-pyrrole nitrogens is 1. The first-order valence-corrected chi connectivity index (χ1v) is 13.1. The highest BCUT2D eigenvalue weighted by Gasteiger charge is 2.26. The number of benzene rings is 2. The van der Waals surface area contributed by atoms with Crippen LogP contribution in [0.15, 0.2) is 90.2 Å². The number of fused-ring (bicyclic) bond motifs is 1. The Kier molecular flexibility index (Phi) is 8.11. The SMILES string of the molecule is O=C(Nc1ccnc2[nH]ccc12)C1CCC(CNC(=NCc2ccccc2)NCc2ccccc2)CC1. The Hall–Kier alpha value is -4.13. The molecule has 5 rings (SSSR count). The van der Waals surface area contributed by atoms with Gasteiger partial charge in [0.2, 0.25) is 5.91 Å². The van der Waals surface area contributed by atoms with Crippen LogP contribution in [0.3, 0.4) is 0 Å². The number of pyridine rings is 1. The largest absolute Gasteiger partial charge is 0.356 e. The van der Waals surface area contributed by atoms with Crippen LogP contribution in [0.1, 0.15) is 36.8 Å². The quantitative estimate of drug-likeness (QED) is 0.199. The van der Waals surface area contributed by atoms with Crippen LogP contribution in [0.2, 0.25) is 0 Å². The number of aromatic amines is 1. The van der Waals surface area contributed by atoms with E-state index in [1.807, 2.05) is 42.6 Å². The number of rotatable bonds is 8. The van der Waals surface area contributed by atoms with Gasteiger partial charge in [0.1, 0.15) is 5.65 Å². The van der Waals surface area contributed by atoms with E-state index in [1.54, 1.807) is 6.20 Å². The lowest BCUT2D eigenvalue weighted by Crippen LogP contribution is -2.40. The van der Waals surface area contributed by atoms with Crippen LogP contribution in [-0.2, 0) is 17.9 Å². The molecule has 0 unspecified atom stereocenters. The normalized spacial score (nSPS) is 17.9. The third kappa shape index (κ3) is 6.76. The predicted octanol–water partition coefficient (Wildman–Crippen LogP) is 5.24. The van der Waals surface area contributed by atoms with Gasteiger partial charge in [-0.3, -0.25) is 4.79 Å². The van der Waals surface area contributed by atoms with Gasteiger partial charge in [-0.25, -0.2) is 9.98 Å². The van der Waals surface area contributed by atoms with E-state index in [-0.39, 0.29) is 11.8 Å². The first-order chi connectivity index (χ1) is 18.2. The summed E-state index contributed by atoms with van der Waals surface area (Å²) in [5, 5.41) is 11.1. The predicted molar refractivity (Wildman–Crippen MR) is 149 cm³/mol. The molecule has 2 aromatic carbocycles. The molecule has 0 saturated heterocycles. The zero-order chi connectivity index (χ0) is 25.3. The Morgan fingerprint density at radius 3 is 2.38 bits per heavy atom. The number of amides is 1. The van der Waals surface area contributed by atoms with Crippen molar-refractivity contribution in [3.8, 4) is 0 Å². The number of aliphatic imine (C=N–C) groups is 1. The second-order valence-corrected chi connectivity index (χ2v) is 9.68. The number of nitrogens with one attached hydrogen (secondary N) is 4. The summed E-state index contributed by atoms with van der Waals surface area (Å²) in [6, 6.07) is 24.5. The second-order valence-electron chi connectivity index (χ2n) is 9.68. The summed E-state index contributed by atoms with van der Waals surface area (Å²) in [5.74, 6) is 1.48. The molecular weight excluding hydrogens is 460 g/mol. The molecule has 190 valence electrons. The zero-order valence-electron chi connectivity index (χ0n) is 21.0. The highest BCUT2D eigenvalue weighted by Crippen LogP contribution is 2.30. The number of carbonyl (C=O) groups excluding carboxylic acids is 1. The van der Waals surface area contributed by atoms with E-state index >= 15 is 0 Å². The van der Waals surface area contributed by atoms with Crippen LogP contribution in [0.5, 0.6) is 0 Å². The summed E-state index contributed by atoms with van der Waals surface area (Å²) in [5.41, 5.74) is 4.01. The molecule has 1 amide bonds. The van der Waals surface area contributed by atoms with Crippen molar-refractivity contribution in [3.05, 3.63) is 96.3 Å². The third-order valence-corrected chi connectivity index (χ3v) is 7.06. The van der Waals surface area contributed by atoms with Gasteiger partial charge in [-0.1, -0.05) is 60.7 Å². The molecule has 2 aromatic heterocycles. The number of hydrogen-bond donors (Lipinski definition) is 4. The van der Waals surface area contributed by atoms with Crippen LogP contribution in [0.25, 0.3) is 11.0 Å². The molecule has 0 spiro atoms. The van der Waals surface area contributed by atoms with Gasteiger partial charge in [-0.15, -0.1) is 0 Å². The lowest BCUT2D eigenvalue weighted by atomic mass is 9.81. The molecule has 1 fully saturated rings. The lowest BCUT2D eigenvalue weighted by molar-refractivity contribution is -0.121. The minimum Gasteiger partial charge on any atom is -0.356 e. The summed E-state index contributed by atoms with van der Waals surface area (Å²) >= 11 is 0. The number of nitrogens with zero attached hydrogens (tertiary/aromatic N) is 2. The van der Waals surface area contributed by atoms with E-state index < -0.39 is 0 Å². The Balaban J connectivity index is 1.13. The first kappa shape index (κ1) is 24.6. The number of aromatic nitrogens is 2. The monoisotopic (exact) mass is 494 g/mol. The van der Waals surface area contributed by atoms with E-state index in [0.29, 0.717) is 12.5 Å². The third-order valence-electron chi connectivity index (χ3n) is 7.06. The second kappa shape index (κ2) is 12.2. The van der Waals surface area contributed by atoms with Gasteiger partial charge in [0, 0.05) is 36.8 Å². The van der Waals surface area contributed by atoms with Crippen molar-refractivity contribution in [1.82, 2.24) is 20.6 Å².